The Bertz CT molecular complexity index is 311. The van der Waals surface area contributed by atoms with E-state index >= 15 is 0 Å². The van der Waals surface area contributed by atoms with Gasteiger partial charge in [0.1, 0.15) is 6.04 Å². The van der Waals surface area contributed by atoms with Crippen molar-refractivity contribution in [2.75, 3.05) is 7.11 Å². The predicted molar refractivity (Wildman–Crippen MR) is 62.0 cm³/mol. The summed E-state index contributed by atoms with van der Waals surface area (Å²) in [6, 6.07) is 6.99. The van der Waals surface area contributed by atoms with Gasteiger partial charge in [0.15, 0.2) is 0 Å². The number of carbonyl (C=O) groups excluding carboxylic acids is 1. The summed E-state index contributed by atoms with van der Waals surface area (Å²) in [5, 5.41) is 0. The van der Waals surface area contributed by atoms with Gasteiger partial charge in [0.05, 0.1) is 7.11 Å². The first-order valence-corrected chi connectivity index (χ1v) is 4.61. The van der Waals surface area contributed by atoms with Crippen molar-refractivity contribution >= 4 is 18.4 Å². The number of esters is 1. The molecule has 0 saturated carbocycles. The average Bonchev–Trinajstić information content (AvgIpc) is 2.27. The van der Waals surface area contributed by atoms with Crippen molar-refractivity contribution in [3.05, 3.63) is 35.4 Å². The Hall–Kier alpha value is -1.06. The van der Waals surface area contributed by atoms with Gasteiger partial charge in [-0.25, -0.2) is 0 Å². The molecule has 0 aliphatic rings. The van der Waals surface area contributed by atoms with Crippen molar-refractivity contribution < 1.29 is 9.53 Å². The zero-order valence-electron chi connectivity index (χ0n) is 8.90. The van der Waals surface area contributed by atoms with Crippen LogP contribution in [0, 0.1) is 0 Å². The molecule has 1 aromatic rings. The number of ether oxygens (including phenoxy) is 1. The number of benzene rings is 1. The minimum absolute atomic E-state index is 0. The monoisotopic (exact) mass is 229 g/mol. The molecule has 1 aromatic carbocycles. The molecule has 0 aromatic heterocycles. The van der Waals surface area contributed by atoms with Crippen LogP contribution in [0.2, 0.25) is 0 Å². The summed E-state index contributed by atoms with van der Waals surface area (Å²) in [4.78, 5) is 11.1. The lowest BCUT2D eigenvalue weighted by Crippen LogP contribution is -2.22. The molecule has 0 saturated heterocycles. The Morgan fingerprint density at radius 3 is 2.33 bits per heavy atom. The van der Waals surface area contributed by atoms with Crippen LogP contribution in [0.4, 0.5) is 0 Å². The highest BCUT2D eigenvalue weighted by Crippen LogP contribution is 2.13. The van der Waals surface area contributed by atoms with Crippen LogP contribution in [0.25, 0.3) is 0 Å². The number of rotatable bonds is 3. The van der Waals surface area contributed by atoms with Gasteiger partial charge in [-0.1, -0.05) is 31.2 Å². The van der Waals surface area contributed by atoms with E-state index in [-0.39, 0.29) is 12.4 Å². The summed E-state index contributed by atoms with van der Waals surface area (Å²) in [6.45, 7) is 2.08. The van der Waals surface area contributed by atoms with E-state index in [1.165, 1.54) is 12.7 Å². The molecule has 0 aliphatic heterocycles. The zero-order valence-corrected chi connectivity index (χ0v) is 9.71. The highest BCUT2D eigenvalue weighted by molar-refractivity contribution is 5.85. The van der Waals surface area contributed by atoms with Crippen molar-refractivity contribution in [3.63, 3.8) is 0 Å². The lowest BCUT2D eigenvalue weighted by atomic mass is 10.0. The van der Waals surface area contributed by atoms with Gasteiger partial charge in [0.25, 0.3) is 0 Å². The number of carbonyl (C=O) groups is 1. The third-order valence-electron chi connectivity index (χ3n) is 2.20. The highest BCUT2D eigenvalue weighted by atomic mass is 35.5. The average molecular weight is 230 g/mol. The van der Waals surface area contributed by atoms with Gasteiger partial charge >= 0.3 is 5.97 Å². The van der Waals surface area contributed by atoms with E-state index < -0.39 is 12.0 Å². The van der Waals surface area contributed by atoms with Crippen LogP contribution in [0.3, 0.4) is 0 Å². The van der Waals surface area contributed by atoms with Gasteiger partial charge in [0, 0.05) is 0 Å². The minimum atomic E-state index is -0.675. The quantitative estimate of drug-likeness (QED) is 0.805. The number of hydrogen-bond acceptors (Lipinski definition) is 3. The summed E-state index contributed by atoms with van der Waals surface area (Å²) < 4.78 is 4.56. The van der Waals surface area contributed by atoms with E-state index in [1.807, 2.05) is 24.3 Å². The molecule has 1 atom stereocenters. The van der Waals surface area contributed by atoms with Gasteiger partial charge in [-0.2, -0.15) is 0 Å². The molecule has 1 rings (SSSR count). The van der Waals surface area contributed by atoms with Gasteiger partial charge in [0.2, 0.25) is 0 Å². The molecule has 0 spiro atoms. The molecule has 2 N–H and O–H groups in total. The van der Waals surface area contributed by atoms with Crippen molar-refractivity contribution in [1.29, 1.82) is 0 Å². The van der Waals surface area contributed by atoms with Crippen LogP contribution < -0.4 is 5.73 Å². The lowest BCUT2D eigenvalue weighted by molar-refractivity contribution is -0.142. The first-order valence-electron chi connectivity index (χ1n) is 4.61. The zero-order chi connectivity index (χ0) is 10.6. The minimum Gasteiger partial charge on any atom is -0.468 e. The molecule has 0 bridgehead atoms. The highest BCUT2D eigenvalue weighted by Gasteiger charge is 2.15. The van der Waals surface area contributed by atoms with Crippen LogP contribution in [0.5, 0.6) is 0 Å². The maximum atomic E-state index is 11.1. The normalized spacial score (nSPS) is 11.4. The molecule has 0 aliphatic carbocycles. The molecule has 0 amide bonds. The van der Waals surface area contributed by atoms with Crippen molar-refractivity contribution in [2.24, 2.45) is 5.73 Å². The van der Waals surface area contributed by atoms with Crippen LogP contribution in [0.1, 0.15) is 24.1 Å². The van der Waals surface area contributed by atoms with Gasteiger partial charge in [-0.3, -0.25) is 4.79 Å². The van der Waals surface area contributed by atoms with Crippen molar-refractivity contribution in [1.82, 2.24) is 0 Å². The topological polar surface area (TPSA) is 52.3 Å². The fraction of sp³-hybridized carbons (Fsp3) is 0.364. The summed E-state index contributed by atoms with van der Waals surface area (Å²) in [6.07, 6.45) is 0.980. The molecular weight excluding hydrogens is 214 g/mol. The van der Waals surface area contributed by atoms with Gasteiger partial charge in [-0.05, 0) is 17.5 Å². The number of halogens is 1. The largest absolute Gasteiger partial charge is 0.468 e. The fourth-order valence-corrected chi connectivity index (χ4v) is 1.22. The second-order valence-electron chi connectivity index (χ2n) is 3.10. The Labute approximate surface area is 96.0 Å². The van der Waals surface area contributed by atoms with Crippen LogP contribution in [0.15, 0.2) is 24.3 Å². The second-order valence-corrected chi connectivity index (χ2v) is 3.10. The molecule has 15 heavy (non-hydrogen) atoms. The van der Waals surface area contributed by atoms with E-state index in [1.54, 1.807) is 0 Å². The number of aryl methyl sites for hydroxylation is 1. The van der Waals surface area contributed by atoms with Crippen LogP contribution in [-0.4, -0.2) is 13.1 Å². The summed E-state index contributed by atoms with van der Waals surface area (Å²) in [5.74, 6) is -0.408. The van der Waals surface area contributed by atoms with Crippen LogP contribution in [-0.2, 0) is 16.0 Å². The fourth-order valence-electron chi connectivity index (χ4n) is 1.22. The van der Waals surface area contributed by atoms with Crippen molar-refractivity contribution in [3.8, 4) is 0 Å². The van der Waals surface area contributed by atoms with E-state index in [9.17, 15) is 4.79 Å². The Morgan fingerprint density at radius 1 is 1.40 bits per heavy atom. The molecule has 4 heteroatoms. The van der Waals surface area contributed by atoms with E-state index in [0.717, 1.165) is 12.0 Å². The van der Waals surface area contributed by atoms with Gasteiger partial charge in [-0.15, -0.1) is 12.4 Å². The maximum absolute atomic E-state index is 11.1. The molecule has 0 fully saturated rings. The maximum Gasteiger partial charge on any atom is 0.327 e. The van der Waals surface area contributed by atoms with Crippen molar-refractivity contribution in [2.45, 2.75) is 19.4 Å². The molecule has 0 heterocycles. The summed E-state index contributed by atoms with van der Waals surface area (Å²) in [7, 11) is 1.34. The lowest BCUT2D eigenvalue weighted by Gasteiger charge is -2.09. The molecule has 84 valence electrons. The third-order valence-corrected chi connectivity index (χ3v) is 2.20. The van der Waals surface area contributed by atoms with E-state index in [2.05, 4.69) is 11.7 Å². The standard InChI is InChI=1S/C11H15NO2.ClH/c1-3-8-4-6-9(7-5-8)10(12)11(13)14-2;/h4-7,10H,3,12H2,1-2H3;1H/t10-;/m1./s1. The first kappa shape index (κ1) is 13.9. The predicted octanol–water partition coefficient (Wildman–Crippen LogP) is 1.84. The first-order chi connectivity index (χ1) is 6.69. The molecular formula is C11H16ClNO2. The Balaban J connectivity index is 0.00000196. The third kappa shape index (κ3) is 3.53. The number of methoxy groups -OCH3 is 1. The molecule has 0 radical (unpaired) electrons. The SMILES string of the molecule is CCc1ccc([C@@H](N)C(=O)OC)cc1.Cl. The van der Waals surface area contributed by atoms with Gasteiger partial charge < -0.3 is 10.5 Å². The molecule has 0 unspecified atom stereocenters. The Morgan fingerprint density at radius 2 is 1.93 bits per heavy atom. The second kappa shape index (κ2) is 6.43. The molecule has 3 nitrogen and oxygen atoms in total. The number of hydrogen-bond donors (Lipinski definition) is 1. The van der Waals surface area contributed by atoms with E-state index in [4.69, 9.17) is 5.73 Å². The smallest absolute Gasteiger partial charge is 0.327 e. The van der Waals surface area contributed by atoms with Crippen LogP contribution >= 0.6 is 12.4 Å². The van der Waals surface area contributed by atoms with E-state index in [0.29, 0.717) is 0 Å². The summed E-state index contributed by atoms with van der Waals surface area (Å²) >= 11 is 0. The number of nitrogens with two attached hydrogens (primary N) is 1. The summed E-state index contributed by atoms with van der Waals surface area (Å²) in [5.41, 5.74) is 7.68. The Kier molecular flexibility index (Phi) is 5.97.